The molecule has 84 valence electrons. The maximum absolute atomic E-state index is 13.4. The predicted octanol–water partition coefficient (Wildman–Crippen LogP) is 0.922. The second-order valence-electron chi connectivity index (χ2n) is 3.16. The lowest BCUT2D eigenvalue weighted by atomic mass is 10.0. The SMILES string of the molecule is COc1cc(F)c(C(N)CCO)cc1O. The number of hydrogen-bond donors (Lipinski definition) is 3. The van der Waals surface area contributed by atoms with Crippen molar-refractivity contribution in [2.45, 2.75) is 12.5 Å². The number of hydrogen-bond acceptors (Lipinski definition) is 4. The normalized spacial score (nSPS) is 12.5. The predicted molar refractivity (Wildman–Crippen MR) is 53.2 cm³/mol. The van der Waals surface area contributed by atoms with E-state index in [0.717, 1.165) is 6.07 Å². The molecule has 5 heteroatoms. The first-order valence-corrected chi connectivity index (χ1v) is 4.53. The molecule has 4 nitrogen and oxygen atoms in total. The van der Waals surface area contributed by atoms with Crippen molar-refractivity contribution >= 4 is 0 Å². The topological polar surface area (TPSA) is 75.7 Å². The van der Waals surface area contributed by atoms with Crippen LogP contribution in [0.5, 0.6) is 11.5 Å². The van der Waals surface area contributed by atoms with Crippen LogP contribution in [0, 0.1) is 5.82 Å². The highest BCUT2D eigenvalue weighted by molar-refractivity contribution is 5.43. The van der Waals surface area contributed by atoms with E-state index in [-0.39, 0.29) is 30.1 Å². The van der Waals surface area contributed by atoms with Crippen LogP contribution in [0.2, 0.25) is 0 Å². The number of nitrogens with two attached hydrogens (primary N) is 1. The van der Waals surface area contributed by atoms with E-state index in [4.69, 9.17) is 15.6 Å². The highest BCUT2D eigenvalue weighted by Crippen LogP contribution is 2.31. The number of phenolic OH excluding ortho intramolecular Hbond substituents is 1. The Balaban J connectivity index is 3.04. The zero-order valence-electron chi connectivity index (χ0n) is 8.40. The van der Waals surface area contributed by atoms with Gasteiger partial charge in [-0.25, -0.2) is 4.39 Å². The standard InChI is InChI=1S/C10H14FNO3/c1-15-10-5-7(11)6(4-9(10)14)8(12)2-3-13/h4-5,8,13-14H,2-3,12H2,1H3. The smallest absolute Gasteiger partial charge is 0.163 e. The molecule has 1 aromatic rings. The molecule has 0 aliphatic heterocycles. The molecule has 1 atom stereocenters. The van der Waals surface area contributed by atoms with Crippen LogP contribution in [0.25, 0.3) is 0 Å². The van der Waals surface area contributed by atoms with Gasteiger partial charge in [-0.15, -0.1) is 0 Å². The van der Waals surface area contributed by atoms with Crippen LogP contribution < -0.4 is 10.5 Å². The van der Waals surface area contributed by atoms with Gasteiger partial charge in [-0.2, -0.15) is 0 Å². The summed E-state index contributed by atoms with van der Waals surface area (Å²) in [6, 6.07) is 1.66. The maximum atomic E-state index is 13.4. The second kappa shape index (κ2) is 4.95. The molecular weight excluding hydrogens is 201 g/mol. The molecule has 1 unspecified atom stereocenters. The number of aromatic hydroxyl groups is 1. The molecule has 0 aromatic heterocycles. The van der Waals surface area contributed by atoms with Crippen LogP contribution >= 0.6 is 0 Å². The van der Waals surface area contributed by atoms with E-state index in [1.807, 2.05) is 0 Å². The monoisotopic (exact) mass is 215 g/mol. The average molecular weight is 215 g/mol. The second-order valence-corrected chi connectivity index (χ2v) is 3.16. The Hall–Kier alpha value is -1.33. The van der Waals surface area contributed by atoms with Gasteiger partial charge in [0.05, 0.1) is 7.11 Å². The fourth-order valence-electron chi connectivity index (χ4n) is 1.30. The van der Waals surface area contributed by atoms with E-state index < -0.39 is 11.9 Å². The van der Waals surface area contributed by atoms with Crippen LogP contribution in [0.4, 0.5) is 4.39 Å². The van der Waals surface area contributed by atoms with E-state index in [0.29, 0.717) is 0 Å². The number of ether oxygens (including phenoxy) is 1. The molecule has 4 N–H and O–H groups in total. The Kier molecular flexibility index (Phi) is 3.88. The van der Waals surface area contributed by atoms with E-state index in [2.05, 4.69) is 0 Å². The van der Waals surface area contributed by atoms with Crippen molar-refractivity contribution in [2.24, 2.45) is 5.73 Å². The highest BCUT2D eigenvalue weighted by Gasteiger charge is 2.15. The quantitative estimate of drug-likeness (QED) is 0.698. The molecule has 0 aliphatic carbocycles. The minimum atomic E-state index is -0.633. The fraction of sp³-hybridized carbons (Fsp3) is 0.400. The van der Waals surface area contributed by atoms with Gasteiger partial charge < -0.3 is 20.7 Å². The van der Waals surface area contributed by atoms with Crippen molar-refractivity contribution < 1.29 is 19.3 Å². The summed E-state index contributed by atoms with van der Waals surface area (Å²) >= 11 is 0. The molecule has 0 heterocycles. The number of phenols is 1. The summed E-state index contributed by atoms with van der Waals surface area (Å²) < 4.78 is 18.2. The van der Waals surface area contributed by atoms with Crippen LogP contribution in [-0.4, -0.2) is 23.9 Å². The zero-order valence-corrected chi connectivity index (χ0v) is 8.40. The summed E-state index contributed by atoms with van der Waals surface area (Å²) in [6.07, 6.45) is 0.239. The van der Waals surface area contributed by atoms with Crippen molar-refractivity contribution in [3.63, 3.8) is 0 Å². The van der Waals surface area contributed by atoms with Crippen molar-refractivity contribution in [1.29, 1.82) is 0 Å². The first-order valence-electron chi connectivity index (χ1n) is 4.53. The zero-order chi connectivity index (χ0) is 11.4. The summed E-state index contributed by atoms with van der Waals surface area (Å²) in [6.45, 7) is -0.132. The summed E-state index contributed by atoms with van der Waals surface area (Å²) in [5, 5.41) is 18.1. The maximum Gasteiger partial charge on any atom is 0.163 e. The molecule has 1 aromatic carbocycles. The largest absolute Gasteiger partial charge is 0.504 e. The number of halogens is 1. The molecule has 0 saturated carbocycles. The fourth-order valence-corrected chi connectivity index (χ4v) is 1.30. The molecule has 15 heavy (non-hydrogen) atoms. The molecule has 0 fully saturated rings. The Morgan fingerprint density at radius 3 is 2.73 bits per heavy atom. The molecule has 0 spiro atoms. The number of aliphatic hydroxyl groups is 1. The molecule has 1 rings (SSSR count). The van der Waals surface area contributed by atoms with Gasteiger partial charge in [-0.05, 0) is 12.5 Å². The average Bonchev–Trinajstić information content (AvgIpc) is 2.21. The first kappa shape index (κ1) is 11.7. The molecule has 0 aliphatic rings. The molecule has 0 saturated heterocycles. The van der Waals surface area contributed by atoms with Crippen molar-refractivity contribution in [1.82, 2.24) is 0 Å². The number of rotatable bonds is 4. The minimum absolute atomic E-state index is 0.0625. The molecular formula is C10H14FNO3. The lowest BCUT2D eigenvalue weighted by Crippen LogP contribution is -2.13. The van der Waals surface area contributed by atoms with Crippen LogP contribution in [0.3, 0.4) is 0 Å². The highest BCUT2D eigenvalue weighted by atomic mass is 19.1. The molecule has 0 bridgehead atoms. The van der Waals surface area contributed by atoms with Gasteiger partial charge in [0.15, 0.2) is 11.5 Å². The van der Waals surface area contributed by atoms with Gasteiger partial charge in [0.2, 0.25) is 0 Å². The molecule has 0 amide bonds. The van der Waals surface area contributed by atoms with Gasteiger partial charge in [0.25, 0.3) is 0 Å². The first-order chi connectivity index (χ1) is 7.10. The van der Waals surface area contributed by atoms with Gasteiger partial charge >= 0.3 is 0 Å². The lowest BCUT2D eigenvalue weighted by molar-refractivity contribution is 0.275. The Morgan fingerprint density at radius 1 is 1.53 bits per heavy atom. The Morgan fingerprint density at radius 2 is 2.20 bits per heavy atom. The summed E-state index contributed by atoms with van der Waals surface area (Å²) in [5.41, 5.74) is 5.78. The summed E-state index contributed by atoms with van der Waals surface area (Å²) in [4.78, 5) is 0. The third kappa shape index (κ3) is 2.57. The summed E-state index contributed by atoms with van der Waals surface area (Å²) in [5.74, 6) is -0.652. The molecule has 0 radical (unpaired) electrons. The number of methoxy groups -OCH3 is 1. The van der Waals surface area contributed by atoms with Crippen molar-refractivity contribution in [3.05, 3.63) is 23.5 Å². The van der Waals surface area contributed by atoms with E-state index in [9.17, 15) is 9.50 Å². The van der Waals surface area contributed by atoms with Crippen LogP contribution in [-0.2, 0) is 0 Å². The Bertz CT molecular complexity index is 344. The Labute approximate surface area is 87.1 Å². The van der Waals surface area contributed by atoms with E-state index in [1.165, 1.54) is 13.2 Å². The summed E-state index contributed by atoms with van der Waals surface area (Å²) in [7, 11) is 1.34. The third-order valence-corrected chi connectivity index (χ3v) is 2.14. The van der Waals surface area contributed by atoms with E-state index >= 15 is 0 Å². The van der Waals surface area contributed by atoms with Gasteiger partial charge in [0, 0.05) is 24.3 Å². The van der Waals surface area contributed by atoms with E-state index in [1.54, 1.807) is 0 Å². The van der Waals surface area contributed by atoms with Gasteiger partial charge in [-0.3, -0.25) is 0 Å². The van der Waals surface area contributed by atoms with Gasteiger partial charge in [0.1, 0.15) is 5.82 Å². The van der Waals surface area contributed by atoms with Crippen molar-refractivity contribution in [2.75, 3.05) is 13.7 Å². The van der Waals surface area contributed by atoms with Crippen molar-refractivity contribution in [3.8, 4) is 11.5 Å². The van der Waals surface area contributed by atoms with Gasteiger partial charge in [-0.1, -0.05) is 0 Å². The van der Waals surface area contributed by atoms with Crippen LogP contribution in [0.1, 0.15) is 18.0 Å². The lowest BCUT2D eigenvalue weighted by Gasteiger charge is -2.13. The number of benzene rings is 1. The van der Waals surface area contributed by atoms with Crippen LogP contribution in [0.15, 0.2) is 12.1 Å². The minimum Gasteiger partial charge on any atom is -0.504 e. The third-order valence-electron chi connectivity index (χ3n) is 2.14. The number of aliphatic hydroxyl groups excluding tert-OH is 1.